The molecule has 0 aromatic heterocycles. The van der Waals surface area contributed by atoms with Gasteiger partial charge >= 0.3 is 0 Å². The average molecular weight is 291 g/mol. The number of nitro benzene ring substituents is 1. The molecule has 8 heteroatoms. The Morgan fingerprint density at radius 2 is 2.11 bits per heavy atom. The van der Waals surface area contributed by atoms with Crippen molar-refractivity contribution >= 4 is 27.3 Å². The van der Waals surface area contributed by atoms with Crippen molar-refractivity contribution < 1.29 is 13.3 Å². The van der Waals surface area contributed by atoms with E-state index in [4.69, 9.17) is 11.6 Å². The molecule has 0 saturated heterocycles. The summed E-state index contributed by atoms with van der Waals surface area (Å²) in [6.07, 6.45) is 2.01. The molecule has 6 nitrogen and oxygen atoms in total. The van der Waals surface area contributed by atoms with Crippen molar-refractivity contribution in [1.82, 2.24) is 4.72 Å². The molecule has 1 aromatic carbocycles. The maximum Gasteiger partial charge on any atom is 0.270 e. The highest BCUT2D eigenvalue weighted by molar-refractivity contribution is 7.89. The second kappa shape index (κ2) is 4.83. The Balaban J connectivity index is 2.29. The summed E-state index contributed by atoms with van der Waals surface area (Å²) in [5.74, 6) is 0.372. The minimum atomic E-state index is -3.79. The first-order valence-electron chi connectivity index (χ1n) is 5.34. The zero-order valence-corrected chi connectivity index (χ0v) is 10.9. The monoisotopic (exact) mass is 290 g/mol. The van der Waals surface area contributed by atoms with Gasteiger partial charge in [-0.15, -0.1) is 0 Å². The van der Waals surface area contributed by atoms with Crippen LogP contribution in [0, 0.1) is 16.0 Å². The first kappa shape index (κ1) is 13.3. The number of nitro groups is 1. The van der Waals surface area contributed by atoms with Crippen LogP contribution in [0.1, 0.15) is 12.8 Å². The first-order chi connectivity index (χ1) is 8.40. The lowest BCUT2D eigenvalue weighted by molar-refractivity contribution is -0.385. The molecule has 1 aliphatic rings. The molecular weight excluding hydrogens is 280 g/mol. The molecule has 2 rings (SSSR count). The van der Waals surface area contributed by atoms with Crippen molar-refractivity contribution in [2.24, 2.45) is 5.92 Å². The van der Waals surface area contributed by atoms with Gasteiger partial charge in [0.1, 0.15) is 4.90 Å². The van der Waals surface area contributed by atoms with Crippen LogP contribution in [0.2, 0.25) is 5.02 Å². The summed E-state index contributed by atoms with van der Waals surface area (Å²) in [6, 6.07) is 3.35. The summed E-state index contributed by atoms with van der Waals surface area (Å²) in [5.41, 5.74) is -0.300. The first-order valence-corrected chi connectivity index (χ1v) is 7.20. The van der Waals surface area contributed by atoms with Crippen LogP contribution in [-0.2, 0) is 10.0 Å². The summed E-state index contributed by atoms with van der Waals surface area (Å²) in [6.45, 7) is 0.349. The van der Waals surface area contributed by atoms with E-state index in [1.54, 1.807) is 0 Å². The highest BCUT2D eigenvalue weighted by atomic mass is 35.5. The molecule has 0 spiro atoms. The van der Waals surface area contributed by atoms with E-state index in [0.29, 0.717) is 12.5 Å². The lowest BCUT2D eigenvalue weighted by atomic mass is 10.3. The quantitative estimate of drug-likeness (QED) is 0.663. The Bertz CT molecular complexity index is 584. The fraction of sp³-hybridized carbons (Fsp3) is 0.400. The Kier molecular flexibility index (Phi) is 3.56. The van der Waals surface area contributed by atoms with Crippen molar-refractivity contribution in [3.63, 3.8) is 0 Å². The van der Waals surface area contributed by atoms with E-state index in [1.165, 1.54) is 12.1 Å². The standard InChI is InChI=1S/C10H11ClN2O4S/c11-9-4-3-8(13(14)15)5-10(9)18(16,17)12-6-7-1-2-7/h3-5,7,12H,1-2,6H2. The summed E-state index contributed by atoms with van der Waals surface area (Å²) in [4.78, 5) is 9.71. The number of sulfonamides is 1. The van der Waals surface area contributed by atoms with Crippen molar-refractivity contribution in [2.45, 2.75) is 17.7 Å². The Labute approximate surface area is 109 Å². The molecule has 0 amide bonds. The minimum absolute atomic E-state index is 0.0242. The van der Waals surface area contributed by atoms with Gasteiger partial charge in [0.25, 0.3) is 5.69 Å². The van der Waals surface area contributed by atoms with Gasteiger partial charge in [0.05, 0.1) is 9.95 Å². The number of nitrogens with one attached hydrogen (secondary N) is 1. The van der Waals surface area contributed by atoms with Crippen LogP contribution in [0.4, 0.5) is 5.69 Å². The third kappa shape index (κ3) is 2.98. The second-order valence-electron chi connectivity index (χ2n) is 4.17. The van der Waals surface area contributed by atoms with E-state index >= 15 is 0 Å². The Morgan fingerprint density at radius 3 is 2.67 bits per heavy atom. The van der Waals surface area contributed by atoms with Crippen LogP contribution in [-0.4, -0.2) is 19.9 Å². The largest absolute Gasteiger partial charge is 0.270 e. The normalized spacial score (nSPS) is 15.6. The van der Waals surface area contributed by atoms with Crippen LogP contribution in [0.3, 0.4) is 0 Å². The third-order valence-electron chi connectivity index (χ3n) is 2.67. The van der Waals surface area contributed by atoms with Crippen molar-refractivity contribution in [3.05, 3.63) is 33.3 Å². The van der Waals surface area contributed by atoms with Crippen LogP contribution >= 0.6 is 11.6 Å². The number of rotatable bonds is 5. The smallest absolute Gasteiger partial charge is 0.258 e. The van der Waals surface area contributed by atoms with Gasteiger partial charge in [0, 0.05) is 18.7 Å². The fourth-order valence-electron chi connectivity index (χ4n) is 1.44. The molecule has 1 fully saturated rings. The Hall–Kier alpha value is -1.18. The molecule has 0 unspecified atom stereocenters. The summed E-state index contributed by atoms with van der Waals surface area (Å²) >= 11 is 5.77. The maximum atomic E-state index is 11.9. The van der Waals surface area contributed by atoms with E-state index in [-0.39, 0.29) is 15.6 Å². The lowest BCUT2D eigenvalue weighted by Gasteiger charge is -2.07. The number of hydrogen-bond acceptors (Lipinski definition) is 4. The van der Waals surface area contributed by atoms with Gasteiger partial charge in [0.2, 0.25) is 10.0 Å². The predicted octanol–water partition coefficient (Wildman–Crippen LogP) is 1.94. The van der Waals surface area contributed by atoms with Gasteiger partial charge < -0.3 is 0 Å². The SMILES string of the molecule is O=[N+]([O-])c1ccc(Cl)c(S(=O)(=O)NCC2CC2)c1. The molecule has 1 N–H and O–H groups in total. The van der Waals surface area contributed by atoms with Gasteiger partial charge in [-0.25, -0.2) is 13.1 Å². The van der Waals surface area contributed by atoms with Gasteiger partial charge in [0.15, 0.2) is 0 Å². The zero-order chi connectivity index (χ0) is 13.3. The fourth-order valence-corrected chi connectivity index (χ4v) is 3.07. The molecule has 0 heterocycles. The van der Waals surface area contributed by atoms with Gasteiger partial charge in [-0.05, 0) is 24.8 Å². The van der Waals surface area contributed by atoms with Crippen molar-refractivity contribution in [1.29, 1.82) is 0 Å². The van der Waals surface area contributed by atoms with E-state index in [2.05, 4.69) is 4.72 Å². The zero-order valence-electron chi connectivity index (χ0n) is 9.30. The van der Waals surface area contributed by atoms with Gasteiger partial charge in [-0.3, -0.25) is 10.1 Å². The molecule has 98 valence electrons. The predicted molar refractivity (Wildman–Crippen MR) is 66.0 cm³/mol. The molecule has 1 saturated carbocycles. The third-order valence-corrected chi connectivity index (χ3v) is 4.58. The van der Waals surface area contributed by atoms with Crippen LogP contribution in [0.5, 0.6) is 0 Å². The number of hydrogen-bond donors (Lipinski definition) is 1. The summed E-state index contributed by atoms with van der Waals surface area (Å²) in [7, 11) is -3.79. The molecule has 18 heavy (non-hydrogen) atoms. The molecule has 0 aliphatic heterocycles. The number of halogens is 1. The molecule has 1 aromatic rings. The molecular formula is C10H11ClN2O4S. The molecule has 0 bridgehead atoms. The summed E-state index contributed by atoms with van der Waals surface area (Å²) in [5, 5.41) is 10.6. The summed E-state index contributed by atoms with van der Waals surface area (Å²) < 4.78 is 26.3. The van der Waals surface area contributed by atoms with Crippen LogP contribution < -0.4 is 4.72 Å². The second-order valence-corrected chi connectivity index (χ2v) is 6.31. The number of nitrogens with zero attached hydrogens (tertiary/aromatic N) is 1. The van der Waals surface area contributed by atoms with Crippen molar-refractivity contribution in [2.75, 3.05) is 6.54 Å². The highest BCUT2D eigenvalue weighted by Gasteiger charge is 2.26. The van der Waals surface area contributed by atoms with Crippen molar-refractivity contribution in [3.8, 4) is 0 Å². The van der Waals surface area contributed by atoms with Gasteiger partial charge in [-0.1, -0.05) is 11.6 Å². The molecule has 1 aliphatic carbocycles. The lowest BCUT2D eigenvalue weighted by Crippen LogP contribution is -2.26. The average Bonchev–Trinajstić information content (AvgIpc) is 3.10. The topological polar surface area (TPSA) is 89.3 Å². The van der Waals surface area contributed by atoms with Crippen LogP contribution in [0.25, 0.3) is 0 Å². The van der Waals surface area contributed by atoms with E-state index in [1.807, 2.05) is 0 Å². The maximum absolute atomic E-state index is 11.9. The highest BCUT2D eigenvalue weighted by Crippen LogP contribution is 2.29. The van der Waals surface area contributed by atoms with E-state index < -0.39 is 14.9 Å². The van der Waals surface area contributed by atoms with E-state index in [9.17, 15) is 18.5 Å². The van der Waals surface area contributed by atoms with Gasteiger partial charge in [-0.2, -0.15) is 0 Å². The molecule has 0 radical (unpaired) electrons. The number of benzene rings is 1. The Morgan fingerprint density at radius 1 is 1.44 bits per heavy atom. The van der Waals surface area contributed by atoms with Crippen LogP contribution in [0.15, 0.2) is 23.1 Å². The molecule has 0 atom stereocenters. The number of non-ortho nitro benzene ring substituents is 1. The van der Waals surface area contributed by atoms with E-state index in [0.717, 1.165) is 18.9 Å². The minimum Gasteiger partial charge on any atom is -0.258 e.